The number of likely N-dealkylation sites (N-methyl/N-ethyl adjacent to an activating group) is 1. The van der Waals surface area contributed by atoms with Crippen LogP contribution in [-0.2, 0) is 11.3 Å². The van der Waals surface area contributed by atoms with Crippen molar-refractivity contribution in [2.45, 2.75) is 6.54 Å². The number of carbonyl (C=O) groups excluding carboxylic acids is 1. The van der Waals surface area contributed by atoms with Crippen LogP contribution in [0, 0.1) is 0 Å². The highest BCUT2D eigenvalue weighted by molar-refractivity contribution is 6.38. The molecule has 0 saturated carbocycles. The average Bonchev–Trinajstić information content (AvgIpc) is 3.13. The van der Waals surface area contributed by atoms with Crippen LogP contribution in [0.2, 0.25) is 5.02 Å². The Hall–Kier alpha value is -3.29. The van der Waals surface area contributed by atoms with Crippen molar-refractivity contribution in [3.63, 3.8) is 0 Å². The molecule has 0 spiro atoms. The Morgan fingerprint density at radius 2 is 1.59 bits per heavy atom. The molecule has 8 heteroatoms. The molecular weight excluding hydrogens is 388 g/mol. The van der Waals surface area contributed by atoms with Crippen molar-refractivity contribution in [3.05, 3.63) is 65.7 Å². The monoisotopic (exact) mass is 406 g/mol. The van der Waals surface area contributed by atoms with Crippen molar-refractivity contribution in [2.75, 3.05) is 13.7 Å². The van der Waals surface area contributed by atoms with Gasteiger partial charge in [-0.05, 0) is 0 Å². The van der Waals surface area contributed by atoms with Gasteiger partial charge in [-0.25, -0.2) is 4.68 Å². The fourth-order valence-electron chi connectivity index (χ4n) is 3.06. The highest BCUT2D eigenvalue weighted by Crippen LogP contribution is 2.37. The number of fused-ring (bicyclic) bond motifs is 1. The van der Waals surface area contributed by atoms with E-state index in [1.54, 1.807) is 7.05 Å². The van der Waals surface area contributed by atoms with Gasteiger partial charge >= 0.3 is 0 Å². The summed E-state index contributed by atoms with van der Waals surface area (Å²) in [6, 6.07) is 19.3. The number of nitrogens with zero attached hydrogens (tertiary/aromatic N) is 5. The largest absolute Gasteiger partial charge is 0.332 e. The van der Waals surface area contributed by atoms with Crippen LogP contribution in [0.3, 0.4) is 0 Å². The predicted molar refractivity (Wildman–Crippen MR) is 113 cm³/mol. The Morgan fingerprint density at radius 1 is 1.00 bits per heavy atom. The van der Waals surface area contributed by atoms with E-state index in [0.29, 0.717) is 27.4 Å². The third kappa shape index (κ3) is 3.57. The van der Waals surface area contributed by atoms with Crippen molar-refractivity contribution in [2.24, 2.45) is 5.73 Å². The minimum absolute atomic E-state index is 0.00722. The highest BCUT2D eigenvalue weighted by atomic mass is 35.5. The molecule has 1 amide bonds. The molecule has 2 heterocycles. The average molecular weight is 407 g/mol. The predicted octanol–water partition coefficient (Wildman–Crippen LogP) is 3.19. The first-order chi connectivity index (χ1) is 14.1. The Kier molecular flexibility index (Phi) is 5.24. The Labute approximate surface area is 172 Å². The smallest absolute Gasteiger partial charge is 0.245 e. The summed E-state index contributed by atoms with van der Waals surface area (Å²) < 4.78 is 1.53. The molecule has 0 atom stereocenters. The van der Waals surface area contributed by atoms with Crippen LogP contribution in [0.25, 0.3) is 33.5 Å². The lowest BCUT2D eigenvalue weighted by Gasteiger charge is -2.14. The molecular formula is C21H19ClN6O. The Balaban J connectivity index is 1.93. The van der Waals surface area contributed by atoms with Crippen molar-refractivity contribution in [1.82, 2.24) is 24.9 Å². The number of nitrogens with two attached hydrogens (primary N) is 1. The molecule has 0 aliphatic carbocycles. The van der Waals surface area contributed by atoms with Crippen LogP contribution in [0.15, 0.2) is 60.7 Å². The molecule has 0 fully saturated rings. The summed E-state index contributed by atoms with van der Waals surface area (Å²) >= 11 is 6.80. The highest BCUT2D eigenvalue weighted by Gasteiger charge is 2.22. The summed E-state index contributed by atoms with van der Waals surface area (Å²) in [5, 5.41) is 14.5. The van der Waals surface area contributed by atoms with E-state index in [2.05, 4.69) is 15.3 Å². The molecule has 0 radical (unpaired) electrons. The first-order valence-corrected chi connectivity index (χ1v) is 9.45. The molecule has 7 nitrogen and oxygen atoms in total. The van der Waals surface area contributed by atoms with Crippen molar-refractivity contribution in [3.8, 4) is 22.5 Å². The van der Waals surface area contributed by atoms with Gasteiger partial charge < -0.3 is 10.6 Å². The van der Waals surface area contributed by atoms with E-state index in [4.69, 9.17) is 17.3 Å². The van der Waals surface area contributed by atoms with Crippen molar-refractivity contribution >= 4 is 28.5 Å². The first-order valence-electron chi connectivity index (χ1n) is 9.07. The maximum atomic E-state index is 12.4. The second-order valence-electron chi connectivity index (χ2n) is 6.57. The third-order valence-corrected chi connectivity index (χ3v) is 5.04. The second kappa shape index (κ2) is 7.98. The number of halogens is 1. The summed E-state index contributed by atoms with van der Waals surface area (Å²) in [7, 11) is 1.64. The number of hydrogen-bond donors (Lipinski definition) is 1. The second-order valence-corrected chi connectivity index (χ2v) is 6.95. The molecule has 146 valence electrons. The molecule has 0 bridgehead atoms. The van der Waals surface area contributed by atoms with Gasteiger partial charge in [-0.3, -0.25) is 4.79 Å². The Bertz CT molecular complexity index is 1160. The zero-order valence-electron chi connectivity index (χ0n) is 15.8. The normalized spacial score (nSPS) is 11.0. The third-order valence-electron chi connectivity index (χ3n) is 4.68. The maximum Gasteiger partial charge on any atom is 0.245 e. The first kappa shape index (κ1) is 19.0. The topological polar surface area (TPSA) is 89.9 Å². The summed E-state index contributed by atoms with van der Waals surface area (Å²) in [4.78, 5) is 13.8. The van der Waals surface area contributed by atoms with Gasteiger partial charge in [-0.15, -0.1) is 10.2 Å². The van der Waals surface area contributed by atoms with Gasteiger partial charge in [-0.2, -0.15) is 5.10 Å². The lowest BCUT2D eigenvalue weighted by molar-refractivity contribution is -0.130. The van der Waals surface area contributed by atoms with Crippen LogP contribution >= 0.6 is 11.6 Å². The van der Waals surface area contributed by atoms with E-state index in [0.717, 1.165) is 11.1 Å². The quantitative estimate of drug-likeness (QED) is 0.514. The number of carbonyl (C=O) groups is 1. The van der Waals surface area contributed by atoms with E-state index < -0.39 is 0 Å². The molecule has 2 aromatic carbocycles. The zero-order chi connectivity index (χ0) is 20.4. The molecule has 4 aromatic rings. The molecule has 0 aliphatic heterocycles. The van der Waals surface area contributed by atoms with Gasteiger partial charge in [0.25, 0.3) is 0 Å². The number of rotatable bonds is 5. The van der Waals surface area contributed by atoms with E-state index in [-0.39, 0.29) is 19.1 Å². The van der Waals surface area contributed by atoms with Gasteiger partial charge in [-0.1, -0.05) is 72.3 Å². The van der Waals surface area contributed by atoms with Gasteiger partial charge in [0.15, 0.2) is 5.65 Å². The van der Waals surface area contributed by atoms with Crippen LogP contribution < -0.4 is 5.73 Å². The summed E-state index contributed by atoms with van der Waals surface area (Å²) in [6.45, 7) is 0.112. The van der Waals surface area contributed by atoms with Gasteiger partial charge in [0.2, 0.25) is 5.91 Å². The minimum Gasteiger partial charge on any atom is -0.332 e. The van der Waals surface area contributed by atoms with Crippen LogP contribution in [-0.4, -0.2) is 44.5 Å². The van der Waals surface area contributed by atoms with E-state index >= 15 is 0 Å². The molecule has 2 aromatic heterocycles. The van der Waals surface area contributed by atoms with Crippen LogP contribution in [0.5, 0.6) is 0 Å². The van der Waals surface area contributed by atoms with Gasteiger partial charge in [0.1, 0.15) is 17.9 Å². The van der Waals surface area contributed by atoms with Gasteiger partial charge in [0, 0.05) is 18.2 Å². The van der Waals surface area contributed by atoms with E-state index in [9.17, 15) is 4.79 Å². The minimum atomic E-state index is -0.179. The molecule has 0 saturated heterocycles. The standard InChI is InChI=1S/C21H19ClN6O/c1-27(13-23)16(29)12-28-21-17(19(26-28)14-8-4-2-5-9-14)18(22)20(24-25-21)15-10-6-3-7-11-15/h2-11H,12-13,23H2,1H3. The SMILES string of the molecule is CN(CN)C(=O)Cn1nc(-c2ccccc2)c2c(Cl)c(-c3ccccc3)nnc21. The molecule has 0 aliphatic rings. The van der Waals surface area contributed by atoms with E-state index in [1.807, 2.05) is 60.7 Å². The molecule has 0 unspecified atom stereocenters. The van der Waals surface area contributed by atoms with Crippen LogP contribution in [0.1, 0.15) is 0 Å². The fraction of sp³-hybridized carbons (Fsp3) is 0.143. The van der Waals surface area contributed by atoms with Crippen molar-refractivity contribution < 1.29 is 4.79 Å². The lowest BCUT2D eigenvalue weighted by atomic mass is 10.1. The molecule has 2 N–H and O–H groups in total. The van der Waals surface area contributed by atoms with Gasteiger partial charge in [0.05, 0.1) is 17.1 Å². The molecule has 29 heavy (non-hydrogen) atoms. The number of amides is 1. The number of aromatic nitrogens is 4. The fourth-order valence-corrected chi connectivity index (χ4v) is 3.38. The Morgan fingerprint density at radius 3 is 2.17 bits per heavy atom. The maximum absolute atomic E-state index is 12.4. The summed E-state index contributed by atoms with van der Waals surface area (Å²) in [6.07, 6.45) is 0. The molecule has 4 rings (SSSR count). The lowest BCUT2D eigenvalue weighted by Crippen LogP contribution is -2.35. The number of benzene rings is 2. The van der Waals surface area contributed by atoms with E-state index in [1.165, 1.54) is 9.58 Å². The zero-order valence-corrected chi connectivity index (χ0v) is 16.5. The number of hydrogen-bond acceptors (Lipinski definition) is 5. The van der Waals surface area contributed by atoms with Crippen LogP contribution in [0.4, 0.5) is 0 Å². The summed E-state index contributed by atoms with van der Waals surface area (Å²) in [5.74, 6) is -0.179. The van der Waals surface area contributed by atoms with Crippen molar-refractivity contribution in [1.29, 1.82) is 0 Å². The summed E-state index contributed by atoms with van der Waals surface area (Å²) in [5.41, 5.74) is 8.98.